The van der Waals surface area contributed by atoms with Gasteiger partial charge in [-0.05, 0) is 30.9 Å². The molecule has 16 heavy (non-hydrogen) atoms. The fourth-order valence-electron chi connectivity index (χ4n) is 1.74. The first-order valence-electron chi connectivity index (χ1n) is 5.60. The van der Waals surface area contributed by atoms with E-state index in [1.165, 1.54) is 0 Å². The lowest BCUT2D eigenvalue weighted by molar-refractivity contribution is 0.303. The molecule has 1 aromatic carbocycles. The van der Waals surface area contributed by atoms with Gasteiger partial charge in [0.05, 0.1) is 5.02 Å². The maximum absolute atomic E-state index is 13.7. The fraction of sp³-hybridized carbons (Fsp3) is 0.538. The Balaban J connectivity index is 2.92. The summed E-state index contributed by atoms with van der Waals surface area (Å²) in [4.78, 5) is 0. The van der Waals surface area contributed by atoms with E-state index in [0.717, 1.165) is 6.42 Å². The van der Waals surface area contributed by atoms with Gasteiger partial charge in [0.2, 0.25) is 0 Å². The van der Waals surface area contributed by atoms with E-state index in [9.17, 15) is 4.39 Å². The minimum atomic E-state index is -0.403. The first-order chi connectivity index (χ1) is 7.38. The third-order valence-corrected chi connectivity index (χ3v) is 3.63. The van der Waals surface area contributed by atoms with Crippen LogP contribution >= 0.6 is 11.6 Å². The van der Waals surface area contributed by atoms with Crippen molar-refractivity contribution in [3.05, 3.63) is 34.6 Å². The summed E-state index contributed by atoms with van der Waals surface area (Å²) in [5.41, 5.74) is 6.40. The van der Waals surface area contributed by atoms with Gasteiger partial charge in [-0.25, -0.2) is 4.39 Å². The number of hydrogen-bond acceptors (Lipinski definition) is 1. The molecule has 2 N–H and O–H groups in total. The molecule has 0 heterocycles. The van der Waals surface area contributed by atoms with Crippen molar-refractivity contribution in [1.82, 2.24) is 0 Å². The Morgan fingerprint density at radius 2 is 2.12 bits per heavy atom. The van der Waals surface area contributed by atoms with Gasteiger partial charge in [-0.1, -0.05) is 44.0 Å². The average Bonchev–Trinajstić information content (AvgIpc) is 2.23. The van der Waals surface area contributed by atoms with E-state index < -0.39 is 5.54 Å². The Morgan fingerprint density at radius 1 is 1.50 bits per heavy atom. The Bertz CT molecular complexity index is 363. The van der Waals surface area contributed by atoms with Gasteiger partial charge >= 0.3 is 0 Å². The van der Waals surface area contributed by atoms with Crippen molar-refractivity contribution in [1.29, 1.82) is 0 Å². The van der Waals surface area contributed by atoms with Crippen LogP contribution in [0.15, 0.2) is 18.2 Å². The molecular formula is C13H19ClFN. The monoisotopic (exact) mass is 243 g/mol. The van der Waals surface area contributed by atoms with Crippen molar-refractivity contribution >= 4 is 11.6 Å². The zero-order valence-corrected chi connectivity index (χ0v) is 10.8. The van der Waals surface area contributed by atoms with E-state index >= 15 is 0 Å². The van der Waals surface area contributed by atoms with Crippen LogP contribution in [0.3, 0.4) is 0 Å². The van der Waals surface area contributed by atoms with Gasteiger partial charge < -0.3 is 5.73 Å². The average molecular weight is 244 g/mol. The lowest BCUT2D eigenvalue weighted by atomic mass is 9.81. The molecule has 0 saturated carbocycles. The first-order valence-corrected chi connectivity index (χ1v) is 5.98. The first kappa shape index (κ1) is 13.5. The van der Waals surface area contributed by atoms with Crippen molar-refractivity contribution in [2.45, 2.75) is 39.2 Å². The number of halogens is 2. The molecule has 0 saturated heterocycles. The third kappa shape index (κ3) is 2.96. The van der Waals surface area contributed by atoms with Crippen LogP contribution in [-0.2, 0) is 6.42 Å². The lowest BCUT2D eigenvalue weighted by Crippen LogP contribution is -2.45. The standard InChI is InChI=1S/C13H19ClFN/c1-4-9(2)13(3,16)8-10-6-5-7-11(14)12(10)15/h5-7,9H,4,8,16H2,1-3H3. The summed E-state index contributed by atoms with van der Waals surface area (Å²) in [6, 6.07) is 5.06. The number of hydrogen-bond donors (Lipinski definition) is 1. The summed E-state index contributed by atoms with van der Waals surface area (Å²) < 4.78 is 13.7. The number of benzene rings is 1. The Kier molecular flexibility index (Phi) is 4.34. The SMILES string of the molecule is CCC(C)C(C)(N)Cc1cccc(Cl)c1F. The second kappa shape index (κ2) is 5.15. The van der Waals surface area contributed by atoms with E-state index in [1.54, 1.807) is 18.2 Å². The maximum Gasteiger partial charge on any atom is 0.145 e. The van der Waals surface area contributed by atoms with Crippen molar-refractivity contribution in [2.75, 3.05) is 0 Å². The van der Waals surface area contributed by atoms with Crippen LogP contribution in [0.25, 0.3) is 0 Å². The molecule has 1 aromatic rings. The Labute approximate surface area is 102 Å². The summed E-state index contributed by atoms with van der Waals surface area (Å²) >= 11 is 5.74. The molecular weight excluding hydrogens is 225 g/mol. The summed E-state index contributed by atoms with van der Waals surface area (Å²) in [7, 11) is 0. The van der Waals surface area contributed by atoms with Gasteiger partial charge in [0.15, 0.2) is 0 Å². The van der Waals surface area contributed by atoms with Crippen LogP contribution < -0.4 is 5.73 Å². The summed E-state index contributed by atoms with van der Waals surface area (Å²) in [6.07, 6.45) is 1.49. The molecule has 90 valence electrons. The molecule has 2 atom stereocenters. The summed E-state index contributed by atoms with van der Waals surface area (Å²) in [5.74, 6) is -0.00461. The molecule has 2 unspecified atom stereocenters. The molecule has 0 spiro atoms. The minimum absolute atomic E-state index is 0.164. The van der Waals surface area contributed by atoms with Crippen molar-refractivity contribution < 1.29 is 4.39 Å². The molecule has 0 radical (unpaired) electrons. The van der Waals surface area contributed by atoms with Gasteiger partial charge in [-0.3, -0.25) is 0 Å². The Morgan fingerprint density at radius 3 is 2.69 bits per heavy atom. The van der Waals surface area contributed by atoms with Crippen molar-refractivity contribution in [3.8, 4) is 0 Å². The molecule has 1 rings (SSSR count). The molecule has 3 heteroatoms. The molecule has 0 fully saturated rings. The second-order valence-corrected chi connectivity index (χ2v) is 5.11. The van der Waals surface area contributed by atoms with Crippen LogP contribution in [0, 0.1) is 11.7 Å². The van der Waals surface area contributed by atoms with E-state index in [4.69, 9.17) is 17.3 Å². The van der Waals surface area contributed by atoms with E-state index in [0.29, 0.717) is 17.9 Å². The Hall–Kier alpha value is -0.600. The topological polar surface area (TPSA) is 26.0 Å². The van der Waals surface area contributed by atoms with Gasteiger partial charge in [0, 0.05) is 5.54 Å². The number of nitrogens with two attached hydrogens (primary N) is 1. The highest BCUT2D eigenvalue weighted by Gasteiger charge is 2.26. The molecule has 0 aliphatic heterocycles. The fourth-order valence-corrected chi connectivity index (χ4v) is 1.93. The van der Waals surface area contributed by atoms with Crippen molar-refractivity contribution in [2.24, 2.45) is 11.7 Å². The summed E-state index contributed by atoms with van der Waals surface area (Å²) in [5, 5.41) is 0.164. The van der Waals surface area contributed by atoms with Gasteiger partial charge in [-0.2, -0.15) is 0 Å². The van der Waals surface area contributed by atoms with Crippen LogP contribution in [-0.4, -0.2) is 5.54 Å². The summed E-state index contributed by atoms with van der Waals surface area (Å²) in [6.45, 7) is 6.13. The predicted molar refractivity (Wildman–Crippen MR) is 67.2 cm³/mol. The van der Waals surface area contributed by atoms with Gasteiger partial charge in [0.25, 0.3) is 0 Å². The van der Waals surface area contributed by atoms with E-state index in [2.05, 4.69) is 13.8 Å². The van der Waals surface area contributed by atoms with Crippen LogP contribution in [0.2, 0.25) is 5.02 Å². The zero-order chi connectivity index (χ0) is 12.3. The van der Waals surface area contributed by atoms with Crippen molar-refractivity contribution in [3.63, 3.8) is 0 Å². The normalized spacial score (nSPS) is 16.9. The predicted octanol–water partition coefficient (Wildman–Crippen LogP) is 3.79. The van der Waals surface area contributed by atoms with Crippen LogP contribution in [0.4, 0.5) is 4.39 Å². The highest BCUT2D eigenvalue weighted by atomic mass is 35.5. The third-order valence-electron chi connectivity index (χ3n) is 3.34. The van der Waals surface area contributed by atoms with E-state index in [1.807, 2.05) is 6.92 Å². The molecule has 0 aliphatic carbocycles. The molecule has 0 amide bonds. The van der Waals surface area contributed by atoms with Crippen LogP contribution in [0.1, 0.15) is 32.8 Å². The second-order valence-electron chi connectivity index (χ2n) is 4.70. The van der Waals surface area contributed by atoms with E-state index in [-0.39, 0.29) is 10.8 Å². The molecule has 0 aromatic heterocycles. The minimum Gasteiger partial charge on any atom is -0.325 e. The highest BCUT2D eigenvalue weighted by Crippen LogP contribution is 2.26. The van der Waals surface area contributed by atoms with Gasteiger partial charge in [-0.15, -0.1) is 0 Å². The highest BCUT2D eigenvalue weighted by molar-refractivity contribution is 6.30. The van der Waals surface area contributed by atoms with Crippen LogP contribution in [0.5, 0.6) is 0 Å². The molecule has 1 nitrogen and oxygen atoms in total. The molecule has 0 bridgehead atoms. The number of rotatable bonds is 4. The lowest BCUT2D eigenvalue weighted by Gasteiger charge is -2.31. The zero-order valence-electron chi connectivity index (χ0n) is 10.1. The smallest absolute Gasteiger partial charge is 0.145 e. The quantitative estimate of drug-likeness (QED) is 0.856. The molecule has 0 aliphatic rings. The maximum atomic E-state index is 13.7. The van der Waals surface area contributed by atoms with Gasteiger partial charge in [0.1, 0.15) is 5.82 Å². The largest absolute Gasteiger partial charge is 0.325 e.